The molecule has 2 aromatic rings. The second kappa shape index (κ2) is 3.33. The third-order valence-electron chi connectivity index (χ3n) is 1.55. The Labute approximate surface area is 97.6 Å². The molecule has 1 heterocycles. The fourth-order valence-corrected chi connectivity index (χ4v) is 4.05. The maximum Gasteiger partial charge on any atom is 0.0602 e. The van der Waals surface area contributed by atoms with Crippen LogP contribution in [0.15, 0.2) is 17.5 Å². The van der Waals surface area contributed by atoms with Crippen molar-refractivity contribution >= 4 is 67.2 Å². The van der Waals surface area contributed by atoms with Gasteiger partial charge in [0.15, 0.2) is 0 Å². The molecule has 4 heteroatoms. The molecule has 12 heavy (non-hydrogen) atoms. The van der Waals surface area contributed by atoms with E-state index in [1.165, 1.54) is 0 Å². The lowest BCUT2D eigenvalue weighted by Gasteiger charge is -1.95. The number of hydrogen-bond acceptors (Lipinski definition) is 1. The van der Waals surface area contributed by atoms with Gasteiger partial charge in [0, 0.05) is 24.1 Å². The van der Waals surface area contributed by atoms with E-state index in [0.717, 1.165) is 23.7 Å². The topological polar surface area (TPSA) is 0 Å². The first-order valence-electron chi connectivity index (χ1n) is 3.20. The van der Waals surface area contributed by atoms with Gasteiger partial charge >= 0.3 is 0 Å². The van der Waals surface area contributed by atoms with Crippen LogP contribution in [0.25, 0.3) is 10.1 Å². The molecule has 0 saturated heterocycles. The Morgan fingerprint density at radius 1 is 1.25 bits per heavy atom. The molecular formula is C8H3Cl2IS. The maximum absolute atomic E-state index is 5.99. The van der Waals surface area contributed by atoms with Gasteiger partial charge in [-0.2, -0.15) is 0 Å². The fourth-order valence-electron chi connectivity index (χ4n) is 1.05. The molecule has 0 fully saturated rings. The summed E-state index contributed by atoms with van der Waals surface area (Å²) in [7, 11) is 0. The van der Waals surface area contributed by atoms with Gasteiger partial charge in [-0.25, -0.2) is 0 Å². The Morgan fingerprint density at radius 3 is 2.75 bits per heavy atom. The molecule has 0 spiro atoms. The second-order valence-corrected chi connectivity index (χ2v) is 5.26. The second-order valence-electron chi connectivity index (χ2n) is 2.34. The quantitative estimate of drug-likeness (QED) is 0.609. The summed E-state index contributed by atoms with van der Waals surface area (Å²) in [5.41, 5.74) is 0. The molecule has 0 saturated carbocycles. The van der Waals surface area contributed by atoms with E-state index in [2.05, 4.69) is 22.6 Å². The SMILES string of the molecule is Clc1cc(I)c2c(Cl)csc2c1. The van der Waals surface area contributed by atoms with E-state index in [4.69, 9.17) is 23.2 Å². The van der Waals surface area contributed by atoms with Crippen LogP contribution in [0.4, 0.5) is 0 Å². The highest BCUT2D eigenvalue weighted by molar-refractivity contribution is 14.1. The Morgan fingerprint density at radius 2 is 2.00 bits per heavy atom. The largest absolute Gasteiger partial charge is 0.142 e. The van der Waals surface area contributed by atoms with Gasteiger partial charge in [-0.05, 0) is 34.7 Å². The molecule has 0 radical (unpaired) electrons. The highest BCUT2D eigenvalue weighted by Gasteiger charge is 2.06. The third-order valence-corrected chi connectivity index (χ3v) is 3.97. The average Bonchev–Trinajstić information content (AvgIpc) is 2.31. The van der Waals surface area contributed by atoms with Crippen molar-refractivity contribution in [3.05, 3.63) is 31.1 Å². The van der Waals surface area contributed by atoms with Crippen LogP contribution >= 0.6 is 57.1 Å². The van der Waals surface area contributed by atoms with Crippen LogP contribution in [-0.2, 0) is 0 Å². The summed E-state index contributed by atoms with van der Waals surface area (Å²) in [6.07, 6.45) is 0. The highest BCUT2D eigenvalue weighted by Crippen LogP contribution is 2.35. The van der Waals surface area contributed by atoms with E-state index >= 15 is 0 Å². The average molecular weight is 329 g/mol. The molecule has 0 amide bonds. The van der Waals surface area contributed by atoms with E-state index < -0.39 is 0 Å². The van der Waals surface area contributed by atoms with Gasteiger partial charge in [0.25, 0.3) is 0 Å². The van der Waals surface area contributed by atoms with Crippen molar-refractivity contribution in [3.63, 3.8) is 0 Å². The van der Waals surface area contributed by atoms with Gasteiger partial charge in [0.1, 0.15) is 0 Å². The number of benzene rings is 1. The zero-order valence-corrected chi connectivity index (χ0v) is 10.3. The minimum Gasteiger partial charge on any atom is -0.142 e. The molecule has 0 aliphatic carbocycles. The lowest BCUT2D eigenvalue weighted by atomic mass is 10.3. The van der Waals surface area contributed by atoms with Crippen molar-refractivity contribution in [1.82, 2.24) is 0 Å². The normalized spacial score (nSPS) is 10.9. The molecule has 0 unspecified atom stereocenters. The molecule has 0 N–H and O–H groups in total. The Balaban J connectivity index is 2.93. The van der Waals surface area contributed by atoms with Crippen LogP contribution in [0.2, 0.25) is 10.0 Å². The standard InChI is InChI=1S/C8H3Cl2IS/c9-4-1-6(11)8-5(10)3-12-7(8)2-4/h1-3H. The van der Waals surface area contributed by atoms with Gasteiger partial charge < -0.3 is 0 Å². The summed E-state index contributed by atoms with van der Waals surface area (Å²) < 4.78 is 2.26. The smallest absolute Gasteiger partial charge is 0.0602 e. The highest BCUT2D eigenvalue weighted by atomic mass is 127. The molecule has 1 aromatic carbocycles. The maximum atomic E-state index is 5.99. The van der Waals surface area contributed by atoms with Crippen molar-refractivity contribution in [2.75, 3.05) is 0 Å². The zero-order valence-electron chi connectivity index (χ0n) is 5.77. The summed E-state index contributed by atoms with van der Waals surface area (Å²) in [6, 6.07) is 3.86. The van der Waals surface area contributed by atoms with Crippen LogP contribution in [0.5, 0.6) is 0 Å². The molecule has 0 bridgehead atoms. The summed E-state index contributed by atoms with van der Waals surface area (Å²) in [5, 5.41) is 4.64. The van der Waals surface area contributed by atoms with E-state index in [0.29, 0.717) is 0 Å². The number of rotatable bonds is 0. The number of thiophene rings is 1. The summed E-state index contributed by atoms with van der Waals surface area (Å²) in [5.74, 6) is 0. The third kappa shape index (κ3) is 1.45. The van der Waals surface area contributed by atoms with Gasteiger partial charge in [-0.3, -0.25) is 0 Å². The molecule has 0 aliphatic heterocycles. The lowest BCUT2D eigenvalue weighted by molar-refractivity contribution is 1.78. The first-order chi connectivity index (χ1) is 5.68. The van der Waals surface area contributed by atoms with Crippen molar-refractivity contribution in [2.24, 2.45) is 0 Å². The zero-order chi connectivity index (χ0) is 8.72. The van der Waals surface area contributed by atoms with Crippen molar-refractivity contribution in [3.8, 4) is 0 Å². The molecule has 0 aliphatic rings. The first kappa shape index (κ1) is 9.06. The van der Waals surface area contributed by atoms with Crippen molar-refractivity contribution < 1.29 is 0 Å². The molecule has 2 rings (SSSR count). The minimum absolute atomic E-state index is 0.769. The van der Waals surface area contributed by atoms with E-state index in [-0.39, 0.29) is 0 Å². The Bertz CT molecular complexity index is 436. The van der Waals surface area contributed by atoms with E-state index in [9.17, 15) is 0 Å². The van der Waals surface area contributed by atoms with Gasteiger partial charge in [-0.1, -0.05) is 23.2 Å². The molecule has 0 nitrogen and oxygen atoms in total. The molecule has 1 aromatic heterocycles. The molecule has 0 atom stereocenters. The molecule has 62 valence electrons. The van der Waals surface area contributed by atoms with Crippen LogP contribution in [-0.4, -0.2) is 0 Å². The van der Waals surface area contributed by atoms with Crippen molar-refractivity contribution in [2.45, 2.75) is 0 Å². The van der Waals surface area contributed by atoms with Crippen LogP contribution in [0.3, 0.4) is 0 Å². The fraction of sp³-hybridized carbons (Fsp3) is 0. The van der Waals surface area contributed by atoms with Crippen LogP contribution in [0.1, 0.15) is 0 Å². The number of hydrogen-bond donors (Lipinski definition) is 0. The van der Waals surface area contributed by atoms with Gasteiger partial charge in [-0.15, -0.1) is 11.3 Å². The summed E-state index contributed by atoms with van der Waals surface area (Å²) >= 11 is 15.7. The monoisotopic (exact) mass is 328 g/mol. The minimum atomic E-state index is 0.769. The van der Waals surface area contributed by atoms with Crippen LogP contribution < -0.4 is 0 Å². The lowest BCUT2D eigenvalue weighted by Crippen LogP contribution is -1.72. The predicted octanol–water partition coefficient (Wildman–Crippen LogP) is 4.81. The number of halogens is 3. The molecular weight excluding hydrogens is 326 g/mol. The summed E-state index contributed by atoms with van der Waals surface area (Å²) in [6.45, 7) is 0. The van der Waals surface area contributed by atoms with Gasteiger partial charge in [0.05, 0.1) is 5.02 Å². The van der Waals surface area contributed by atoms with E-state index in [1.807, 2.05) is 17.5 Å². The Kier molecular flexibility index (Phi) is 2.51. The number of fused-ring (bicyclic) bond motifs is 1. The van der Waals surface area contributed by atoms with Crippen LogP contribution in [0, 0.1) is 3.57 Å². The predicted molar refractivity (Wildman–Crippen MR) is 64.6 cm³/mol. The first-order valence-corrected chi connectivity index (χ1v) is 5.91. The van der Waals surface area contributed by atoms with Crippen molar-refractivity contribution in [1.29, 1.82) is 0 Å². The summed E-state index contributed by atoms with van der Waals surface area (Å²) in [4.78, 5) is 0. The Hall–Kier alpha value is 0.490. The van der Waals surface area contributed by atoms with Gasteiger partial charge in [0.2, 0.25) is 0 Å². The van der Waals surface area contributed by atoms with E-state index in [1.54, 1.807) is 11.3 Å².